The number of hydrogen-bond acceptors (Lipinski definition) is 4. The molecule has 1 heterocycles. The molecule has 0 saturated heterocycles. The average Bonchev–Trinajstić information content (AvgIpc) is 2.98. The standard InChI is InChI=1S/C14H14ClNO4/c15-10-3-5-11(6-4-10)20-9-14(18)16-12(8-17)13-2-1-7-19-13/h1-7,12,17H,8-9H2,(H,16,18). The van der Waals surface area contributed by atoms with Crippen LogP contribution in [0.4, 0.5) is 0 Å². The van der Waals surface area contributed by atoms with Gasteiger partial charge < -0.3 is 19.6 Å². The fourth-order valence-electron chi connectivity index (χ4n) is 1.61. The molecular weight excluding hydrogens is 282 g/mol. The highest BCUT2D eigenvalue weighted by Gasteiger charge is 2.16. The van der Waals surface area contributed by atoms with Gasteiger partial charge in [0.2, 0.25) is 0 Å². The first kappa shape index (κ1) is 14.4. The molecule has 2 N–H and O–H groups in total. The van der Waals surface area contributed by atoms with E-state index >= 15 is 0 Å². The van der Waals surface area contributed by atoms with Crippen LogP contribution in [0.3, 0.4) is 0 Å². The van der Waals surface area contributed by atoms with E-state index < -0.39 is 6.04 Å². The van der Waals surface area contributed by atoms with Gasteiger partial charge in [-0.2, -0.15) is 0 Å². The molecule has 106 valence electrons. The predicted molar refractivity (Wildman–Crippen MR) is 73.6 cm³/mol. The average molecular weight is 296 g/mol. The maximum Gasteiger partial charge on any atom is 0.258 e. The number of hydrogen-bond donors (Lipinski definition) is 2. The summed E-state index contributed by atoms with van der Waals surface area (Å²) in [6.45, 7) is -0.404. The number of rotatable bonds is 6. The Balaban J connectivity index is 1.84. The van der Waals surface area contributed by atoms with Gasteiger partial charge in [0.25, 0.3) is 5.91 Å². The van der Waals surface area contributed by atoms with Crippen LogP contribution in [0.1, 0.15) is 11.8 Å². The van der Waals surface area contributed by atoms with Crippen LogP contribution in [-0.4, -0.2) is 24.2 Å². The maximum atomic E-state index is 11.7. The SMILES string of the molecule is O=C(COc1ccc(Cl)cc1)NC(CO)c1ccco1. The quantitative estimate of drug-likeness (QED) is 0.856. The van der Waals surface area contributed by atoms with E-state index in [2.05, 4.69) is 5.32 Å². The van der Waals surface area contributed by atoms with Crippen LogP contribution in [0.5, 0.6) is 5.75 Å². The fourth-order valence-corrected chi connectivity index (χ4v) is 1.74. The zero-order chi connectivity index (χ0) is 14.4. The van der Waals surface area contributed by atoms with Crippen LogP contribution in [0.25, 0.3) is 0 Å². The second-order valence-electron chi connectivity index (χ2n) is 4.06. The Hall–Kier alpha value is -1.98. The Morgan fingerprint density at radius 2 is 2.10 bits per heavy atom. The molecule has 5 nitrogen and oxygen atoms in total. The lowest BCUT2D eigenvalue weighted by molar-refractivity contribution is -0.124. The second-order valence-corrected chi connectivity index (χ2v) is 4.50. The van der Waals surface area contributed by atoms with E-state index in [1.165, 1.54) is 6.26 Å². The zero-order valence-corrected chi connectivity index (χ0v) is 11.3. The van der Waals surface area contributed by atoms with Gasteiger partial charge in [-0.25, -0.2) is 0 Å². The molecule has 0 fully saturated rings. The normalized spacial score (nSPS) is 11.9. The molecule has 0 bridgehead atoms. The van der Waals surface area contributed by atoms with Crippen molar-refractivity contribution in [3.63, 3.8) is 0 Å². The molecule has 0 aliphatic rings. The van der Waals surface area contributed by atoms with E-state index in [1.54, 1.807) is 36.4 Å². The van der Waals surface area contributed by atoms with Gasteiger partial charge in [0, 0.05) is 5.02 Å². The first-order valence-corrected chi connectivity index (χ1v) is 6.39. The molecule has 0 spiro atoms. The summed E-state index contributed by atoms with van der Waals surface area (Å²) in [4.78, 5) is 11.7. The first-order chi connectivity index (χ1) is 9.69. The van der Waals surface area contributed by atoms with E-state index in [-0.39, 0.29) is 19.1 Å². The Labute approximate surface area is 121 Å². The molecule has 2 aromatic rings. The number of carbonyl (C=O) groups is 1. The molecule has 0 aliphatic heterocycles. The summed E-state index contributed by atoms with van der Waals surface area (Å²) in [6, 6.07) is 9.49. The lowest BCUT2D eigenvalue weighted by Gasteiger charge is -2.14. The molecule has 20 heavy (non-hydrogen) atoms. The molecule has 0 radical (unpaired) electrons. The van der Waals surface area contributed by atoms with Crippen molar-refractivity contribution in [1.29, 1.82) is 0 Å². The Morgan fingerprint density at radius 3 is 2.70 bits per heavy atom. The number of aliphatic hydroxyl groups is 1. The van der Waals surface area contributed by atoms with Crippen molar-refractivity contribution >= 4 is 17.5 Å². The summed E-state index contributed by atoms with van der Waals surface area (Å²) < 4.78 is 10.4. The number of aliphatic hydroxyl groups excluding tert-OH is 1. The lowest BCUT2D eigenvalue weighted by Crippen LogP contribution is -2.34. The summed E-state index contributed by atoms with van der Waals surface area (Å²) in [5, 5.41) is 12.4. The van der Waals surface area contributed by atoms with Gasteiger partial charge in [-0.05, 0) is 36.4 Å². The smallest absolute Gasteiger partial charge is 0.258 e. The molecule has 1 unspecified atom stereocenters. The van der Waals surface area contributed by atoms with Crippen LogP contribution in [-0.2, 0) is 4.79 Å². The second kappa shape index (κ2) is 6.98. The number of furan rings is 1. The molecule has 2 rings (SSSR count). The molecule has 0 saturated carbocycles. The molecule has 1 atom stereocenters. The Kier molecular flexibility index (Phi) is 5.03. The van der Waals surface area contributed by atoms with Crippen molar-refractivity contribution in [3.05, 3.63) is 53.4 Å². The van der Waals surface area contributed by atoms with Crippen molar-refractivity contribution in [2.45, 2.75) is 6.04 Å². The number of ether oxygens (including phenoxy) is 1. The van der Waals surface area contributed by atoms with E-state index in [0.717, 1.165) is 0 Å². The highest BCUT2D eigenvalue weighted by atomic mass is 35.5. The van der Waals surface area contributed by atoms with Crippen LogP contribution in [0.2, 0.25) is 5.02 Å². The number of amides is 1. The van der Waals surface area contributed by atoms with Gasteiger partial charge in [0.05, 0.1) is 12.9 Å². The van der Waals surface area contributed by atoms with Crippen LogP contribution in [0, 0.1) is 0 Å². The third kappa shape index (κ3) is 4.01. The van der Waals surface area contributed by atoms with Gasteiger partial charge in [-0.15, -0.1) is 0 Å². The van der Waals surface area contributed by atoms with E-state index in [1.807, 2.05) is 0 Å². The lowest BCUT2D eigenvalue weighted by atomic mass is 10.2. The monoisotopic (exact) mass is 295 g/mol. The summed E-state index contributed by atoms with van der Waals surface area (Å²) >= 11 is 5.75. The number of nitrogens with one attached hydrogen (secondary N) is 1. The van der Waals surface area contributed by atoms with E-state index in [4.69, 9.17) is 20.8 Å². The molecule has 0 aliphatic carbocycles. The molecular formula is C14H14ClNO4. The van der Waals surface area contributed by atoms with Crippen LogP contribution < -0.4 is 10.1 Å². The van der Waals surface area contributed by atoms with Crippen molar-refractivity contribution in [1.82, 2.24) is 5.32 Å². The van der Waals surface area contributed by atoms with Crippen LogP contribution >= 0.6 is 11.6 Å². The summed E-state index contributed by atoms with van der Waals surface area (Å²) in [5.74, 6) is 0.686. The highest BCUT2D eigenvalue weighted by Crippen LogP contribution is 2.16. The van der Waals surface area contributed by atoms with Crippen molar-refractivity contribution < 1.29 is 19.1 Å². The Morgan fingerprint density at radius 1 is 1.35 bits per heavy atom. The number of benzene rings is 1. The van der Waals surface area contributed by atoms with Gasteiger partial charge in [-0.1, -0.05) is 11.6 Å². The van der Waals surface area contributed by atoms with Gasteiger partial charge >= 0.3 is 0 Å². The van der Waals surface area contributed by atoms with Crippen molar-refractivity contribution in [2.75, 3.05) is 13.2 Å². The van der Waals surface area contributed by atoms with Crippen molar-refractivity contribution in [3.8, 4) is 5.75 Å². The summed E-state index contributed by atoms with van der Waals surface area (Å²) in [7, 11) is 0. The third-order valence-electron chi connectivity index (χ3n) is 2.59. The molecule has 1 amide bonds. The van der Waals surface area contributed by atoms with Crippen LogP contribution in [0.15, 0.2) is 47.1 Å². The third-order valence-corrected chi connectivity index (χ3v) is 2.84. The van der Waals surface area contributed by atoms with Gasteiger partial charge in [0.15, 0.2) is 6.61 Å². The largest absolute Gasteiger partial charge is 0.484 e. The minimum absolute atomic E-state index is 0.154. The fraction of sp³-hybridized carbons (Fsp3) is 0.214. The highest BCUT2D eigenvalue weighted by molar-refractivity contribution is 6.30. The van der Waals surface area contributed by atoms with E-state index in [9.17, 15) is 9.90 Å². The molecule has 1 aromatic carbocycles. The molecule has 6 heteroatoms. The number of halogens is 1. The zero-order valence-electron chi connectivity index (χ0n) is 10.6. The predicted octanol–water partition coefficient (Wildman–Crippen LogP) is 2.16. The van der Waals surface area contributed by atoms with Gasteiger partial charge in [0.1, 0.15) is 17.6 Å². The minimum atomic E-state index is -0.577. The van der Waals surface area contributed by atoms with Gasteiger partial charge in [-0.3, -0.25) is 4.79 Å². The summed E-state index contributed by atoms with van der Waals surface area (Å²) in [6.07, 6.45) is 1.48. The Bertz CT molecular complexity index is 539. The minimum Gasteiger partial charge on any atom is -0.484 e. The van der Waals surface area contributed by atoms with E-state index in [0.29, 0.717) is 16.5 Å². The topological polar surface area (TPSA) is 71.7 Å². The molecule has 1 aromatic heterocycles. The number of carbonyl (C=O) groups excluding carboxylic acids is 1. The van der Waals surface area contributed by atoms with Crippen molar-refractivity contribution in [2.24, 2.45) is 0 Å². The first-order valence-electron chi connectivity index (χ1n) is 6.01. The summed E-state index contributed by atoms with van der Waals surface area (Å²) in [5.41, 5.74) is 0. The maximum absolute atomic E-state index is 11.7.